The van der Waals surface area contributed by atoms with Crippen molar-refractivity contribution in [3.63, 3.8) is 0 Å². The zero-order valence-corrected chi connectivity index (χ0v) is 18.0. The molecule has 1 aromatic carbocycles. The van der Waals surface area contributed by atoms with Crippen molar-refractivity contribution in [2.45, 2.75) is 43.4 Å². The number of hydrogen-bond donors (Lipinski definition) is 1. The van der Waals surface area contributed by atoms with Crippen LogP contribution >= 0.6 is 22.9 Å². The number of thiazole rings is 1. The highest BCUT2D eigenvalue weighted by atomic mass is 35.5. The Kier molecular flexibility index (Phi) is 4.16. The molecule has 1 aliphatic heterocycles. The molecular formula is C22H26ClN3O2S. The molecule has 0 spiro atoms. The Morgan fingerprint density at radius 1 is 1.21 bits per heavy atom. The van der Waals surface area contributed by atoms with Crippen LogP contribution < -0.4 is 10.2 Å². The summed E-state index contributed by atoms with van der Waals surface area (Å²) < 4.78 is 6.56. The average Bonchev–Trinajstić information content (AvgIpc) is 3.10. The van der Waals surface area contributed by atoms with Gasteiger partial charge in [0.2, 0.25) is 5.91 Å². The molecule has 29 heavy (non-hydrogen) atoms. The number of fused-ring (bicyclic) bond motifs is 1. The predicted octanol–water partition coefficient (Wildman–Crippen LogP) is 4.65. The number of alkyl halides is 1. The highest BCUT2D eigenvalue weighted by Gasteiger charge is 2.60. The summed E-state index contributed by atoms with van der Waals surface area (Å²) in [6.45, 7) is 3.27. The molecule has 7 rings (SSSR count). The zero-order chi connectivity index (χ0) is 19.6. The minimum Gasteiger partial charge on any atom is -0.378 e. The number of benzene rings is 1. The Morgan fingerprint density at radius 3 is 2.69 bits per heavy atom. The van der Waals surface area contributed by atoms with Gasteiger partial charge in [-0.15, -0.1) is 11.6 Å². The summed E-state index contributed by atoms with van der Waals surface area (Å²) in [5.41, 5.74) is 1.59. The van der Waals surface area contributed by atoms with Crippen molar-refractivity contribution in [1.82, 2.24) is 4.98 Å². The molecule has 4 aliphatic carbocycles. The third kappa shape index (κ3) is 3.15. The second kappa shape index (κ2) is 6.56. The minimum atomic E-state index is -0.270. The first-order valence-electron chi connectivity index (χ1n) is 10.7. The summed E-state index contributed by atoms with van der Waals surface area (Å²) in [4.78, 5) is 20.3. The topological polar surface area (TPSA) is 54.5 Å². The van der Waals surface area contributed by atoms with Crippen molar-refractivity contribution >= 4 is 49.9 Å². The summed E-state index contributed by atoms with van der Waals surface area (Å²) in [7, 11) is 0. The van der Waals surface area contributed by atoms with Crippen LogP contribution in [0.4, 0.5) is 10.8 Å². The molecule has 0 radical (unpaired) electrons. The first-order valence-corrected chi connectivity index (χ1v) is 11.9. The predicted molar refractivity (Wildman–Crippen MR) is 117 cm³/mol. The van der Waals surface area contributed by atoms with E-state index in [1.165, 1.54) is 6.42 Å². The van der Waals surface area contributed by atoms with Gasteiger partial charge in [-0.25, -0.2) is 4.98 Å². The van der Waals surface area contributed by atoms with E-state index in [0.717, 1.165) is 79.4 Å². The molecule has 4 bridgehead atoms. The largest absolute Gasteiger partial charge is 0.378 e. The van der Waals surface area contributed by atoms with Crippen LogP contribution in [0.3, 0.4) is 0 Å². The number of amides is 1. The number of morpholine rings is 1. The molecule has 5 aliphatic rings. The fraction of sp³-hybridized carbons (Fsp3) is 0.636. The Balaban J connectivity index is 1.23. The molecule has 2 aromatic rings. The van der Waals surface area contributed by atoms with E-state index in [9.17, 15) is 4.79 Å². The van der Waals surface area contributed by atoms with Crippen molar-refractivity contribution in [2.75, 3.05) is 36.5 Å². The van der Waals surface area contributed by atoms with Crippen molar-refractivity contribution < 1.29 is 9.53 Å². The number of hydrogen-bond acceptors (Lipinski definition) is 5. The van der Waals surface area contributed by atoms with Crippen LogP contribution in [0.5, 0.6) is 0 Å². The smallest absolute Gasteiger partial charge is 0.230 e. The van der Waals surface area contributed by atoms with Gasteiger partial charge in [-0.05, 0) is 68.6 Å². The SMILES string of the molecule is O=C(Nc1ccc2nc(N3CCOCC3)sc2c1)C12CC3CC(CC(Cl)(C3)C1)C2. The summed E-state index contributed by atoms with van der Waals surface area (Å²) >= 11 is 8.61. The Bertz CT molecular complexity index is 956. The molecule has 7 heteroatoms. The number of anilines is 2. The lowest BCUT2D eigenvalue weighted by molar-refractivity contribution is -0.138. The van der Waals surface area contributed by atoms with Gasteiger partial charge in [0.25, 0.3) is 0 Å². The molecule has 2 heterocycles. The van der Waals surface area contributed by atoms with E-state index in [1.54, 1.807) is 11.3 Å². The molecule has 2 atom stereocenters. The number of carbonyl (C=O) groups is 1. The number of aromatic nitrogens is 1. The second-order valence-corrected chi connectivity index (χ2v) is 11.4. The Labute approximate surface area is 179 Å². The lowest BCUT2D eigenvalue weighted by Crippen LogP contribution is -2.57. The third-order valence-corrected chi connectivity index (χ3v) is 8.91. The monoisotopic (exact) mass is 431 g/mol. The molecule has 2 unspecified atom stereocenters. The van der Waals surface area contributed by atoms with Crippen LogP contribution in [-0.4, -0.2) is 42.1 Å². The maximum Gasteiger partial charge on any atom is 0.230 e. The molecule has 5 fully saturated rings. The van der Waals surface area contributed by atoms with Crippen molar-refractivity contribution in [3.8, 4) is 0 Å². The van der Waals surface area contributed by atoms with Crippen molar-refractivity contribution in [3.05, 3.63) is 18.2 Å². The molecule has 1 aromatic heterocycles. The van der Waals surface area contributed by atoms with E-state index in [0.29, 0.717) is 11.8 Å². The van der Waals surface area contributed by atoms with Gasteiger partial charge in [0, 0.05) is 23.7 Å². The average molecular weight is 432 g/mol. The number of nitrogens with zero attached hydrogens (tertiary/aromatic N) is 2. The summed E-state index contributed by atoms with van der Waals surface area (Å²) in [5.74, 6) is 1.42. The number of ether oxygens (including phenoxy) is 1. The number of rotatable bonds is 3. The lowest BCUT2D eigenvalue weighted by atomic mass is 9.49. The van der Waals surface area contributed by atoms with E-state index in [4.69, 9.17) is 21.3 Å². The van der Waals surface area contributed by atoms with E-state index in [-0.39, 0.29) is 16.2 Å². The summed E-state index contributed by atoms with van der Waals surface area (Å²) in [5, 5.41) is 4.28. The number of nitrogens with one attached hydrogen (secondary N) is 1. The number of carbonyl (C=O) groups excluding carboxylic acids is 1. The fourth-order valence-electron chi connectivity index (χ4n) is 6.56. The highest BCUT2D eigenvalue weighted by molar-refractivity contribution is 7.22. The maximum atomic E-state index is 13.4. The first-order chi connectivity index (χ1) is 14.0. The van der Waals surface area contributed by atoms with Gasteiger partial charge in [0.05, 0.1) is 28.8 Å². The van der Waals surface area contributed by atoms with Gasteiger partial charge in [0.1, 0.15) is 0 Å². The van der Waals surface area contributed by atoms with Gasteiger partial charge < -0.3 is 15.0 Å². The first kappa shape index (κ1) is 18.4. The van der Waals surface area contributed by atoms with Crippen molar-refractivity contribution in [2.24, 2.45) is 17.3 Å². The lowest BCUT2D eigenvalue weighted by Gasteiger charge is -2.59. The van der Waals surface area contributed by atoms with Gasteiger partial charge in [-0.1, -0.05) is 11.3 Å². The molecular weight excluding hydrogens is 406 g/mol. The van der Waals surface area contributed by atoms with E-state index < -0.39 is 0 Å². The summed E-state index contributed by atoms with van der Waals surface area (Å²) in [6, 6.07) is 6.08. The van der Waals surface area contributed by atoms with Gasteiger partial charge in [0.15, 0.2) is 5.13 Å². The van der Waals surface area contributed by atoms with Crippen LogP contribution in [0.15, 0.2) is 18.2 Å². The van der Waals surface area contributed by atoms with Crippen LogP contribution in [-0.2, 0) is 9.53 Å². The van der Waals surface area contributed by atoms with Crippen LogP contribution in [0, 0.1) is 17.3 Å². The fourth-order valence-corrected chi connectivity index (χ4v) is 8.31. The Hall–Kier alpha value is -1.37. The third-order valence-electron chi connectivity index (χ3n) is 7.39. The zero-order valence-electron chi connectivity index (χ0n) is 16.5. The quantitative estimate of drug-likeness (QED) is 0.718. The van der Waals surface area contributed by atoms with Gasteiger partial charge >= 0.3 is 0 Å². The Morgan fingerprint density at radius 2 is 1.97 bits per heavy atom. The maximum absolute atomic E-state index is 13.4. The molecule has 4 saturated carbocycles. The molecule has 1 saturated heterocycles. The van der Waals surface area contributed by atoms with Gasteiger partial charge in [-0.2, -0.15) is 0 Å². The highest BCUT2D eigenvalue weighted by Crippen LogP contribution is 2.64. The van der Waals surface area contributed by atoms with Crippen LogP contribution in [0.1, 0.15) is 38.5 Å². The second-order valence-electron chi connectivity index (χ2n) is 9.62. The minimum absolute atomic E-state index is 0.143. The molecule has 1 amide bonds. The summed E-state index contributed by atoms with van der Waals surface area (Å²) in [6.07, 6.45) is 6.31. The van der Waals surface area contributed by atoms with Crippen LogP contribution in [0.2, 0.25) is 0 Å². The van der Waals surface area contributed by atoms with Crippen molar-refractivity contribution in [1.29, 1.82) is 0 Å². The van der Waals surface area contributed by atoms with E-state index in [1.807, 2.05) is 12.1 Å². The van der Waals surface area contributed by atoms with E-state index >= 15 is 0 Å². The van der Waals surface area contributed by atoms with E-state index in [2.05, 4.69) is 16.3 Å². The van der Waals surface area contributed by atoms with Crippen LogP contribution in [0.25, 0.3) is 10.2 Å². The standard InChI is InChI=1S/C22H26ClN3O2S/c23-22-11-14-7-15(12-22)10-21(9-14,13-22)19(27)24-16-1-2-17-18(8-16)29-20(25-17)26-3-5-28-6-4-26/h1-2,8,14-15H,3-7,9-13H2,(H,24,27). The molecule has 154 valence electrons. The number of halogens is 1. The van der Waals surface area contributed by atoms with Gasteiger partial charge in [-0.3, -0.25) is 4.79 Å². The normalized spacial score (nSPS) is 36.0. The molecule has 5 nitrogen and oxygen atoms in total. The molecule has 1 N–H and O–H groups in total.